The molecule has 1 aromatic carbocycles. The summed E-state index contributed by atoms with van der Waals surface area (Å²) in [6.45, 7) is 0.843. The van der Waals surface area contributed by atoms with Crippen LogP contribution in [0.2, 0.25) is 0 Å². The summed E-state index contributed by atoms with van der Waals surface area (Å²) in [5.74, 6) is -1.05. The van der Waals surface area contributed by atoms with Crippen LogP contribution >= 0.6 is 0 Å². The number of halogens is 1. The van der Waals surface area contributed by atoms with Crippen molar-refractivity contribution in [3.63, 3.8) is 0 Å². The second kappa shape index (κ2) is 3.79. The highest BCUT2D eigenvalue weighted by Gasteiger charge is 2.64. The van der Waals surface area contributed by atoms with Gasteiger partial charge >= 0.3 is 5.97 Å². The zero-order chi connectivity index (χ0) is 12.8. The van der Waals surface area contributed by atoms with Crippen molar-refractivity contribution in [3.8, 4) is 0 Å². The number of rotatable bonds is 3. The Morgan fingerprint density at radius 1 is 1.22 bits per heavy atom. The van der Waals surface area contributed by atoms with Gasteiger partial charge in [-0.25, -0.2) is 4.39 Å². The van der Waals surface area contributed by atoms with Crippen LogP contribution in [0.15, 0.2) is 24.3 Å². The van der Waals surface area contributed by atoms with Gasteiger partial charge < -0.3 is 9.84 Å². The zero-order valence-electron chi connectivity index (χ0n) is 9.99. The summed E-state index contributed by atoms with van der Waals surface area (Å²) in [6.07, 6.45) is 2.31. The first kappa shape index (κ1) is 11.7. The Morgan fingerprint density at radius 3 is 2.17 bits per heavy atom. The van der Waals surface area contributed by atoms with Gasteiger partial charge in [-0.05, 0) is 30.5 Å². The summed E-state index contributed by atoms with van der Waals surface area (Å²) in [7, 11) is 0. The molecule has 0 amide bonds. The van der Waals surface area contributed by atoms with Crippen LogP contribution in [0, 0.1) is 11.2 Å². The number of carboxylic acids is 1. The summed E-state index contributed by atoms with van der Waals surface area (Å²) >= 11 is 0. The van der Waals surface area contributed by atoms with Crippen LogP contribution in [0.3, 0.4) is 0 Å². The van der Waals surface area contributed by atoms with Crippen LogP contribution in [0.5, 0.6) is 0 Å². The van der Waals surface area contributed by atoms with Crippen molar-refractivity contribution < 1.29 is 19.0 Å². The summed E-state index contributed by atoms with van der Waals surface area (Å²) in [5, 5.41) is 9.57. The molecule has 18 heavy (non-hydrogen) atoms. The van der Waals surface area contributed by atoms with Gasteiger partial charge in [0.1, 0.15) is 5.82 Å². The highest BCUT2D eigenvalue weighted by atomic mass is 19.1. The van der Waals surface area contributed by atoms with Crippen LogP contribution in [0.1, 0.15) is 24.8 Å². The summed E-state index contributed by atoms with van der Waals surface area (Å²) in [4.78, 5) is 11.7. The third kappa shape index (κ3) is 1.29. The van der Waals surface area contributed by atoms with Gasteiger partial charge in [-0.2, -0.15) is 0 Å². The first-order valence-electron chi connectivity index (χ1n) is 6.18. The number of hydrogen-bond acceptors (Lipinski definition) is 2. The molecule has 0 atom stereocenters. The number of benzene rings is 1. The summed E-state index contributed by atoms with van der Waals surface area (Å²) in [6, 6.07) is 6.18. The first-order chi connectivity index (χ1) is 8.61. The molecule has 2 fully saturated rings. The van der Waals surface area contributed by atoms with E-state index in [1.165, 1.54) is 12.1 Å². The molecule has 3 nitrogen and oxygen atoms in total. The maximum atomic E-state index is 13.0. The van der Waals surface area contributed by atoms with Crippen molar-refractivity contribution in [3.05, 3.63) is 35.6 Å². The van der Waals surface area contributed by atoms with E-state index in [2.05, 4.69) is 0 Å². The third-order valence-corrected chi connectivity index (χ3v) is 4.63. The van der Waals surface area contributed by atoms with Crippen molar-refractivity contribution in [2.24, 2.45) is 5.41 Å². The third-order valence-electron chi connectivity index (χ3n) is 4.63. The van der Waals surface area contributed by atoms with Gasteiger partial charge in [-0.1, -0.05) is 18.6 Å². The number of carbonyl (C=O) groups is 1. The normalized spacial score (nSPS) is 23.8. The minimum absolute atomic E-state index is 0.299. The quantitative estimate of drug-likeness (QED) is 0.895. The van der Waals surface area contributed by atoms with Crippen molar-refractivity contribution in [2.75, 3.05) is 13.2 Å². The van der Waals surface area contributed by atoms with Crippen LogP contribution in [-0.2, 0) is 14.9 Å². The Kier molecular flexibility index (Phi) is 2.45. The average Bonchev–Trinajstić information content (AvgIpc) is 2.21. The number of hydrogen-bond donors (Lipinski definition) is 1. The van der Waals surface area contributed by atoms with E-state index in [1.54, 1.807) is 12.1 Å². The molecular weight excluding hydrogens is 235 g/mol. The van der Waals surface area contributed by atoms with Gasteiger partial charge in [0.05, 0.1) is 24.0 Å². The molecule has 4 heteroatoms. The van der Waals surface area contributed by atoms with E-state index < -0.39 is 16.8 Å². The molecule has 1 aliphatic carbocycles. The Morgan fingerprint density at radius 2 is 1.83 bits per heavy atom. The number of aliphatic carboxylic acids is 1. The lowest BCUT2D eigenvalue weighted by atomic mass is 9.50. The molecule has 1 aliphatic heterocycles. The van der Waals surface area contributed by atoms with Crippen LogP contribution in [-0.4, -0.2) is 24.3 Å². The largest absolute Gasteiger partial charge is 0.481 e. The van der Waals surface area contributed by atoms with Crippen molar-refractivity contribution in [1.29, 1.82) is 0 Å². The topological polar surface area (TPSA) is 46.5 Å². The van der Waals surface area contributed by atoms with Crippen molar-refractivity contribution in [2.45, 2.75) is 24.7 Å². The molecule has 0 radical (unpaired) electrons. The smallest absolute Gasteiger partial charge is 0.310 e. The van der Waals surface area contributed by atoms with E-state index in [9.17, 15) is 14.3 Å². The fourth-order valence-corrected chi connectivity index (χ4v) is 3.22. The predicted octanol–water partition coefficient (Wildman–Crippen LogP) is 2.35. The van der Waals surface area contributed by atoms with Gasteiger partial charge in [-0.15, -0.1) is 0 Å². The van der Waals surface area contributed by atoms with Gasteiger partial charge in [-0.3, -0.25) is 4.79 Å². The molecule has 1 heterocycles. The zero-order valence-corrected chi connectivity index (χ0v) is 9.99. The maximum Gasteiger partial charge on any atom is 0.310 e. The molecule has 0 unspecified atom stereocenters. The number of ether oxygens (including phenoxy) is 1. The highest BCUT2D eigenvalue weighted by Crippen LogP contribution is 2.58. The Balaban J connectivity index is 2.04. The molecule has 0 aromatic heterocycles. The molecule has 1 aromatic rings. The lowest BCUT2D eigenvalue weighted by Crippen LogP contribution is -2.64. The Hall–Kier alpha value is -1.42. The van der Waals surface area contributed by atoms with Gasteiger partial charge in [0.2, 0.25) is 0 Å². The van der Waals surface area contributed by atoms with E-state index in [0.717, 1.165) is 12.0 Å². The van der Waals surface area contributed by atoms with Gasteiger partial charge in [0, 0.05) is 0 Å². The van der Waals surface area contributed by atoms with E-state index in [1.807, 2.05) is 0 Å². The molecule has 1 saturated heterocycles. The molecule has 0 bridgehead atoms. The lowest BCUT2D eigenvalue weighted by Gasteiger charge is -2.57. The van der Waals surface area contributed by atoms with E-state index >= 15 is 0 Å². The minimum atomic E-state index is -0.749. The fourth-order valence-electron chi connectivity index (χ4n) is 3.22. The van der Waals surface area contributed by atoms with Gasteiger partial charge in [0.25, 0.3) is 0 Å². The molecule has 1 saturated carbocycles. The second-order valence-electron chi connectivity index (χ2n) is 5.32. The van der Waals surface area contributed by atoms with Gasteiger partial charge in [0.15, 0.2) is 0 Å². The van der Waals surface area contributed by atoms with Crippen LogP contribution in [0.25, 0.3) is 0 Å². The second-order valence-corrected chi connectivity index (χ2v) is 5.32. The van der Waals surface area contributed by atoms with Crippen LogP contribution < -0.4 is 0 Å². The predicted molar refractivity (Wildman–Crippen MR) is 62.8 cm³/mol. The van der Waals surface area contributed by atoms with E-state index in [4.69, 9.17) is 4.74 Å². The monoisotopic (exact) mass is 250 g/mol. The Bertz CT molecular complexity index is 472. The molecule has 1 N–H and O–H groups in total. The molecule has 2 aliphatic rings. The molecule has 96 valence electrons. The van der Waals surface area contributed by atoms with Crippen molar-refractivity contribution in [1.82, 2.24) is 0 Å². The van der Waals surface area contributed by atoms with E-state index in [-0.39, 0.29) is 5.82 Å². The Labute approximate surface area is 105 Å². The van der Waals surface area contributed by atoms with Crippen LogP contribution in [0.4, 0.5) is 4.39 Å². The lowest BCUT2D eigenvalue weighted by molar-refractivity contribution is -0.192. The summed E-state index contributed by atoms with van der Waals surface area (Å²) < 4.78 is 18.3. The average molecular weight is 250 g/mol. The first-order valence-corrected chi connectivity index (χ1v) is 6.18. The fraction of sp³-hybridized carbons (Fsp3) is 0.500. The molecule has 0 spiro atoms. The standard InChI is InChI=1S/C14H15FO3/c15-11-4-2-10(3-5-11)14(8-18-9-14)13(12(16)17)6-1-7-13/h2-5H,1,6-9H2,(H,16,17). The van der Waals surface area contributed by atoms with E-state index in [0.29, 0.717) is 26.1 Å². The number of carboxylic acid groups (broad SMARTS) is 1. The SMILES string of the molecule is O=C(O)C1(C2(c3ccc(F)cc3)COC2)CCC1. The van der Waals surface area contributed by atoms with Crippen molar-refractivity contribution >= 4 is 5.97 Å². The minimum Gasteiger partial charge on any atom is -0.481 e. The molecule has 3 rings (SSSR count). The highest BCUT2D eigenvalue weighted by molar-refractivity contribution is 5.79. The summed E-state index contributed by atoms with van der Waals surface area (Å²) in [5.41, 5.74) is -0.300. The molecular formula is C14H15FO3. The maximum absolute atomic E-state index is 13.0.